The second kappa shape index (κ2) is 11.0. The summed E-state index contributed by atoms with van der Waals surface area (Å²) in [7, 11) is 1.87. The number of likely N-dealkylation sites (tertiary alicyclic amines) is 1. The maximum Gasteiger partial charge on any atom is 0.193 e. The molecule has 0 aliphatic carbocycles. The highest BCUT2D eigenvalue weighted by atomic mass is 16.5. The summed E-state index contributed by atoms with van der Waals surface area (Å²) in [5.41, 5.74) is 1.25. The molecule has 1 atom stereocenters. The molecule has 30 heavy (non-hydrogen) atoms. The molecule has 4 heterocycles. The van der Waals surface area contributed by atoms with Gasteiger partial charge in [-0.05, 0) is 62.6 Å². The zero-order valence-electron chi connectivity index (χ0n) is 18.4. The quantitative estimate of drug-likeness (QED) is 0.569. The van der Waals surface area contributed by atoms with E-state index in [1.54, 1.807) is 0 Å². The van der Waals surface area contributed by atoms with Gasteiger partial charge in [-0.3, -0.25) is 4.99 Å². The summed E-state index contributed by atoms with van der Waals surface area (Å²) >= 11 is 0. The first-order chi connectivity index (χ1) is 14.8. The number of piperidine rings is 1. The van der Waals surface area contributed by atoms with Crippen molar-refractivity contribution in [3.05, 3.63) is 23.9 Å². The normalized spacial score (nSPS) is 23.8. The van der Waals surface area contributed by atoms with Gasteiger partial charge in [0.25, 0.3) is 0 Å². The fraction of sp³-hybridized carbons (Fsp3) is 0.739. The van der Waals surface area contributed by atoms with Gasteiger partial charge in [-0.2, -0.15) is 0 Å². The molecule has 3 aliphatic rings. The van der Waals surface area contributed by atoms with Gasteiger partial charge in [0.1, 0.15) is 5.82 Å². The Labute approximate surface area is 180 Å². The van der Waals surface area contributed by atoms with Crippen molar-refractivity contribution in [2.75, 3.05) is 51.3 Å². The first-order valence-corrected chi connectivity index (χ1v) is 11.7. The van der Waals surface area contributed by atoms with Crippen LogP contribution in [0.4, 0.5) is 5.82 Å². The molecular formula is C23H37N5O2. The van der Waals surface area contributed by atoms with Gasteiger partial charge < -0.3 is 24.6 Å². The Balaban J connectivity index is 1.21. The molecule has 0 bridgehead atoms. The molecule has 7 heteroatoms. The van der Waals surface area contributed by atoms with Crippen molar-refractivity contribution in [3.63, 3.8) is 0 Å². The molecule has 0 saturated carbocycles. The standard InChI is InChI=1S/C23H37N5O2/c1-24-23(26-17-19-7-10-25-22(16-19)27-11-3-4-12-27)28-13-8-20(9-14-28)30-18-21-6-2-5-15-29-21/h7,10,16,20-21H,2-6,8-9,11-15,17-18H2,1H3,(H,24,26). The SMILES string of the molecule is CN=C(NCc1ccnc(N2CCCC2)c1)N1CCC(OCC2CCCCO2)CC1. The number of guanidine groups is 1. The average molecular weight is 416 g/mol. The third-order valence-electron chi connectivity index (χ3n) is 6.44. The lowest BCUT2D eigenvalue weighted by Gasteiger charge is -2.35. The van der Waals surface area contributed by atoms with E-state index in [0.29, 0.717) is 12.2 Å². The summed E-state index contributed by atoms with van der Waals surface area (Å²) in [4.78, 5) is 13.8. The molecule has 7 nitrogen and oxygen atoms in total. The van der Waals surface area contributed by atoms with Gasteiger partial charge in [-0.1, -0.05) is 0 Å². The number of aromatic nitrogens is 1. The maximum absolute atomic E-state index is 6.15. The minimum atomic E-state index is 0.303. The Kier molecular flexibility index (Phi) is 7.81. The van der Waals surface area contributed by atoms with E-state index in [2.05, 4.69) is 37.2 Å². The van der Waals surface area contributed by atoms with Gasteiger partial charge in [0, 0.05) is 52.6 Å². The molecule has 3 fully saturated rings. The van der Waals surface area contributed by atoms with Crippen molar-refractivity contribution in [2.24, 2.45) is 4.99 Å². The molecule has 1 N–H and O–H groups in total. The van der Waals surface area contributed by atoms with Gasteiger partial charge in [-0.25, -0.2) is 4.98 Å². The fourth-order valence-electron chi connectivity index (χ4n) is 4.62. The van der Waals surface area contributed by atoms with Crippen LogP contribution >= 0.6 is 0 Å². The zero-order valence-corrected chi connectivity index (χ0v) is 18.4. The van der Waals surface area contributed by atoms with E-state index in [9.17, 15) is 0 Å². The number of hydrogen-bond donors (Lipinski definition) is 1. The van der Waals surface area contributed by atoms with Crippen LogP contribution in [0.15, 0.2) is 23.3 Å². The van der Waals surface area contributed by atoms with E-state index in [0.717, 1.165) is 77.0 Å². The highest BCUT2D eigenvalue weighted by molar-refractivity contribution is 5.80. The van der Waals surface area contributed by atoms with Crippen molar-refractivity contribution in [1.29, 1.82) is 0 Å². The monoisotopic (exact) mass is 415 g/mol. The van der Waals surface area contributed by atoms with Crippen LogP contribution in [-0.4, -0.2) is 74.5 Å². The molecule has 1 unspecified atom stereocenters. The van der Waals surface area contributed by atoms with Crippen molar-refractivity contribution in [2.45, 2.75) is 63.7 Å². The predicted molar refractivity (Wildman–Crippen MR) is 120 cm³/mol. The van der Waals surface area contributed by atoms with Crippen molar-refractivity contribution >= 4 is 11.8 Å². The molecule has 1 aromatic rings. The second-order valence-electron chi connectivity index (χ2n) is 8.63. The predicted octanol–water partition coefficient (Wildman–Crippen LogP) is 2.81. The average Bonchev–Trinajstić information content (AvgIpc) is 3.35. The number of hydrogen-bond acceptors (Lipinski definition) is 5. The van der Waals surface area contributed by atoms with E-state index in [4.69, 9.17) is 9.47 Å². The Morgan fingerprint density at radius 2 is 2.00 bits per heavy atom. The minimum Gasteiger partial charge on any atom is -0.376 e. The van der Waals surface area contributed by atoms with Gasteiger partial charge >= 0.3 is 0 Å². The summed E-state index contributed by atoms with van der Waals surface area (Å²) in [6.07, 6.45) is 10.8. The number of rotatable bonds is 6. The molecule has 4 rings (SSSR count). The third kappa shape index (κ3) is 5.85. The summed E-state index contributed by atoms with van der Waals surface area (Å²) in [5.74, 6) is 2.07. The van der Waals surface area contributed by atoms with Crippen molar-refractivity contribution < 1.29 is 9.47 Å². The topological polar surface area (TPSA) is 62.2 Å². The Bertz CT molecular complexity index is 678. The summed E-state index contributed by atoms with van der Waals surface area (Å²) in [6, 6.07) is 4.30. The van der Waals surface area contributed by atoms with Crippen molar-refractivity contribution in [1.82, 2.24) is 15.2 Å². The van der Waals surface area contributed by atoms with E-state index < -0.39 is 0 Å². The first kappa shape index (κ1) is 21.4. The fourth-order valence-corrected chi connectivity index (χ4v) is 4.62. The molecule has 166 valence electrons. The van der Waals surface area contributed by atoms with E-state index in [-0.39, 0.29) is 0 Å². The summed E-state index contributed by atoms with van der Waals surface area (Å²) in [6.45, 7) is 6.61. The van der Waals surface area contributed by atoms with Crippen LogP contribution in [0.2, 0.25) is 0 Å². The number of ether oxygens (including phenoxy) is 2. The van der Waals surface area contributed by atoms with Crippen LogP contribution < -0.4 is 10.2 Å². The lowest BCUT2D eigenvalue weighted by molar-refractivity contribution is -0.0721. The number of nitrogens with one attached hydrogen (secondary N) is 1. The zero-order chi connectivity index (χ0) is 20.6. The highest BCUT2D eigenvalue weighted by Gasteiger charge is 2.24. The molecule has 0 radical (unpaired) electrons. The summed E-state index contributed by atoms with van der Waals surface area (Å²) in [5, 5.41) is 3.54. The summed E-state index contributed by atoms with van der Waals surface area (Å²) < 4.78 is 11.9. The van der Waals surface area contributed by atoms with Gasteiger partial charge in [0.2, 0.25) is 0 Å². The Morgan fingerprint density at radius 3 is 2.73 bits per heavy atom. The Hall–Kier alpha value is -1.86. The molecule has 1 aromatic heterocycles. The number of nitrogens with zero attached hydrogens (tertiary/aromatic N) is 4. The highest BCUT2D eigenvalue weighted by Crippen LogP contribution is 2.20. The second-order valence-corrected chi connectivity index (χ2v) is 8.63. The largest absolute Gasteiger partial charge is 0.376 e. The van der Waals surface area contributed by atoms with Crippen LogP contribution in [0, 0.1) is 0 Å². The van der Waals surface area contributed by atoms with E-state index in [1.807, 2.05) is 13.2 Å². The van der Waals surface area contributed by atoms with E-state index in [1.165, 1.54) is 31.2 Å². The first-order valence-electron chi connectivity index (χ1n) is 11.7. The third-order valence-corrected chi connectivity index (χ3v) is 6.44. The van der Waals surface area contributed by atoms with Crippen LogP contribution in [0.3, 0.4) is 0 Å². The van der Waals surface area contributed by atoms with Crippen LogP contribution in [0.1, 0.15) is 50.5 Å². The molecule has 0 amide bonds. The molecular weight excluding hydrogens is 378 g/mol. The van der Waals surface area contributed by atoms with E-state index >= 15 is 0 Å². The lowest BCUT2D eigenvalue weighted by atomic mass is 10.1. The van der Waals surface area contributed by atoms with Crippen LogP contribution in [-0.2, 0) is 16.0 Å². The van der Waals surface area contributed by atoms with Crippen LogP contribution in [0.25, 0.3) is 0 Å². The smallest absolute Gasteiger partial charge is 0.193 e. The van der Waals surface area contributed by atoms with Gasteiger partial charge in [0.05, 0.1) is 18.8 Å². The van der Waals surface area contributed by atoms with Gasteiger partial charge in [-0.15, -0.1) is 0 Å². The molecule has 0 spiro atoms. The molecule has 3 saturated heterocycles. The number of anilines is 1. The number of pyridine rings is 1. The number of aliphatic imine (C=N–C) groups is 1. The van der Waals surface area contributed by atoms with Crippen molar-refractivity contribution in [3.8, 4) is 0 Å². The lowest BCUT2D eigenvalue weighted by Crippen LogP contribution is -2.47. The minimum absolute atomic E-state index is 0.303. The maximum atomic E-state index is 6.15. The molecule has 0 aromatic carbocycles. The van der Waals surface area contributed by atoms with Gasteiger partial charge in [0.15, 0.2) is 5.96 Å². The van der Waals surface area contributed by atoms with Crippen LogP contribution in [0.5, 0.6) is 0 Å². The molecule has 3 aliphatic heterocycles. The Morgan fingerprint density at radius 1 is 1.17 bits per heavy atom.